The van der Waals surface area contributed by atoms with E-state index in [2.05, 4.69) is 15.7 Å². The summed E-state index contributed by atoms with van der Waals surface area (Å²) < 4.78 is 45.2. The van der Waals surface area contributed by atoms with Crippen LogP contribution < -0.4 is 10.6 Å². The fourth-order valence-electron chi connectivity index (χ4n) is 3.54. The number of hydrogen-bond donors (Lipinski definition) is 2. The predicted molar refractivity (Wildman–Crippen MR) is 109 cm³/mol. The first kappa shape index (κ1) is 21.7. The molecule has 1 atom stereocenters. The summed E-state index contributed by atoms with van der Waals surface area (Å²) in [7, 11) is 0. The second kappa shape index (κ2) is 8.91. The number of ether oxygens (including phenoxy) is 1. The van der Waals surface area contributed by atoms with E-state index in [0.29, 0.717) is 30.5 Å². The van der Waals surface area contributed by atoms with Crippen LogP contribution in [0.15, 0.2) is 24.3 Å². The molecule has 31 heavy (non-hydrogen) atoms. The van der Waals surface area contributed by atoms with Gasteiger partial charge in [-0.25, -0.2) is 4.68 Å². The second-order valence-electron chi connectivity index (χ2n) is 7.39. The van der Waals surface area contributed by atoms with E-state index < -0.39 is 17.6 Å². The zero-order valence-electron chi connectivity index (χ0n) is 16.5. The Morgan fingerprint density at radius 3 is 2.68 bits per heavy atom. The normalized spacial score (nSPS) is 18.1. The van der Waals surface area contributed by atoms with E-state index >= 15 is 0 Å². The Morgan fingerprint density at radius 1 is 1.23 bits per heavy atom. The summed E-state index contributed by atoms with van der Waals surface area (Å²) in [5, 5.41) is 10.00. The number of carbonyl (C=O) groups is 2. The number of alkyl halides is 3. The van der Waals surface area contributed by atoms with E-state index in [0.717, 1.165) is 48.4 Å². The first-order chi connectivity index (χ1) is 14.8. The third-order valence-corrected chi connectivity index (χ3v) is 6.14. The molecule has 166 valence electrons. The molecule has 1 aromatic carbocycles. The minimum absolute atomic E-state index is 0.0156. The van der Waals surface area contributed by atoms with E-state index in [4.69, 9.17) is 4.74 Å². The molecular formula is C20H21F3N4O3S. The molecule has 1 unspecified atom stereocenters. The Morgan fingerprint density at radius 2 is 2.00 bits per heavy atom. The van der Waals surface area contributed by atoms with Gasteiger partial charge in [0.05, 0.1) is 17.4 Å². The van der Waals surface area contributed by atoms with E-state index in [9.17, 15) is 22.8 Å². The molecule has 3 heterocycles. The highest BCUT2D eigenvalue weighted by molar-refractivity contribution is 7.98. The second-order valence-corrected chi connectivity index (χ2v) is 8.38. The van der Waals surface area contributed by atoms with Gasteiger partial charge in [0.2, 0.25) is 5.91 Å². The Kier molecular flexibility index (Phi) is 6.24. The summed E-state index contributed by atoms with van der Waals surface area (Å²) in [5.74, 6) is 0.888. The molecule has 2 amide bonds. The SMILES string of the molecule is O=C(Cn1nc2c(c1NC(=O)c1ccc(C(F)(F)F)cc1)CSC2)NCC1CCCO1. The molecule has 11 heteroatoms. The van der Waals surface area contributed by atoms with E-state index in [1.54, 1.807) is 11.8 Å². The molecule has 0 aliphatic carbocycles. The van der Waals surface area contributed by atoms with Crippen molar-refractivity contribution < 1.29 is 27.5 Å². The third-order valence-electron chi connectivity index (χ3n) is 5.17. The number of thioether (sulfide) groups is 1. The van der Waals surface area contributed by atoms with Gasteiger partial charge in [-0.15, -0.1) is 0 Å². The fraction of sp³-hybridized carbons (Fsp3) is 0.450. The molecule has 7 nitrogen and oxygen atoms in total. The minimum atomic E-state index is -4.47. The summed E-state index contributed by atoms with van der Waals surface area (Å²) in [6.07, 6.45) is -2.57. The summed E-state index contributed by atoms with van der Waals surface area (Å²) in [5.41, 5.74) is 0.883. The molecule has 0 spiro atoms. The summed E-state index contributed by atoms with van der Waals surface area (Å²) in [6, 6.07) is 3.99. The largest absolute Gasteiger partial charge is 0.416 e. The molecule has 1 saturated heterocycles. The first-order valence-corrected chi connectivity index (χ1v) is 11.0. The highest BCUT2D eigenvalue weighted by atomic mass is 32.2. The maximum Gasteiger partial charge on any atom is 0.416 e. The van der Waals surface area contributed by atoms with Crippen LogP contribution in [0.2, 0.25) is 0 Å². The smallest absolute Gasteiger partial charge is 0.376 e. The van der Waals surface area contributed by atoms with Crippen molar-refractivity contribution in [3.8, 4) is 0 Å². The first-order valence-electron chi connectivity index (χ1n) is 9.84. The van der Waals surface area contributed by atoms with Gasteiger partial charge >= 0.3 is 6.18 Å². The fourth-order valence-corrected chi connectivity index (χ4v) is 4.57. The van der Waals surface area contributed by atoms with Crippen LogP contribution in [0.5, 0.6) is 0 Å². The molecule has 0 radical (unpaired) electrons. The average molecular weight is 454 g/mol. The van der Waals surface area contributed by atoms with Gasteiger partial charge in [0, 0.05) is 35.8 Å². The van der Waals surface area contributed by atoms with Crippen molar-refractivity contribution in [2.24, 2.45) is 0 Å². The number of halogens is 3. The van der Waals surface area contributed by atoms with Crippen LogP contribution in [-0.4, -0.2) is 40.9 Å². The highest BCUT2D eigenvalue weighted by Gasteiger charge is 2.30. The van der Waals surface area contributed by atoms with Crippen molar-refractivity contribution in [3.63, 3.8) is 0 Å². The van der Waals surface area contributed by atoms with Crippen LogP contribution in [0.25, 0.3) is 0 Å². The van der Waals surface area contributed by atoms with Crippen molar-refractivity contribution in [3.05, 3.63) is 46.6 Å². The van der Waals surface area contributed by atoms with Crippen LogP contribution in [0.4, 0.5) is 19.0 Å². The number of nitrogens with zero attached hydrogens (tertiary/aromatic N) is 2. The Labute approximate surface area is 180 Å². The molecule has 4 rings (SSSR count). The number of anilines is 1. The summed E-state index contributed by atoms with van der Waals surface area (Å²) >= 11 is 1.64. The number of benzene rings is 1. The lowest BCUT2D eigenvalue weighted by molar-refractivity contribution is -0.137. The topological polar surface area (TPSA) is 85.2 Å². The van der Waals surface area contributed by atoms with E-state index in [1.807, 2.05) is 0 Å². The average Bonchev–Trinajstić information content (AvgIpc) is 3.46. The quantitative estimate of drug-likeness (QED) is 0.700. The van der Waals surface area contributed by atoms with Crippen molar-refractivity contribution in [2.75, 3.05) is 18.5 Å². The van der Waals surface area contributed by atoms with Crippen LogP contribution in [0.3, 0.4) is 0 Å². The lowest BCUT2D eigenvalue weighted by Gasteiger charge is -2.13. The molecule has 0 bridgehead atoms. The van der Waals surface area contributed by atoms with Crippen molar-refractivity contribution in [2.45, 2.75) is 43.2 Å². The Balaban J connectivity index is 1.46. The number of nitrogens with one attached hydrogen (secondary N) is 2. The molecule has 2 aromatic rings. The van der Waals surface area contributed by atoms with Gasteiger partial charge in [0.25, 0.3) is 5.91 Å². The molecule has 2 aliphatic heterocycles. The van der Waals surface area contributed by atoms with Gasteiger partial charge in [0.1, 0.15) is 12.4 Å². The molecule has 1 fully saturated rings. The number of rotatable bonds is 6. The van der Waals surface area contributed by atoms with Crippen molar-refractivity contribution >= 4 is 29.4 Å². The van der Waals surface area contributed by atoms with Crippen LogP contribution in [-0.2, 0) is 33.8 Å². The Bertz CT molecular complexity index is 969. The number of amides is 2. The standard InChI is InChI=1S/C20H21F3N4O3S/c21-20(22,23)13-5-3-12(4-6-13)19(29)25-18-15-10-31-11-16(15)26-27(18)9-17(28)24-8-14-2-1-7-30-14/h3-6,14H,1-2,7-11H2,(H,24,28)(H,25,29). The number of hydrogen-bond acceptors (Lipinski definition) is 5. The lowest BCUT2D eigenvalue weighted by atomic mass is 10.1. The van der Waals surface area contributed by atoms with Crippen molar-refractivity contribution in [1.82, 2.24) is 15.1 Å². The molecular weight excluding hydrogens is 433 g/mol. The number of fused-ring (bicyclic) bond motifs is 1. The van der Waals surface area contributed by atoms with E-state index in [-0.39, 0.29) is 24.1 Å². The monoisotopic (exact) mass is 454 g/mol. The van der Waals surface area contributed by atoms with Gasteiger partial charge in [-0.3, -0.25) is 9.59 Å². The maximum absolute atomic E-state index is 12.8. The maximum atomic E-state index is 12.8. The zero-order valence-corrected chi connectivity index (χ0v) is 17.3. The van der Waals surface area contributed by atoms with Crippen molar-refractivity contribution in [1.29, 1.82) is 0 Å². The zero-order chi connectivity index (χ0) is 22.0. The predicted octanol–water partition coefficient (Wildman–Crippen LogP) is 3.20. The number of aromatic nitrogens is 2. The highest BCUT2D eigenvalue weighted by Crippen LogP contribution is 2.35. The molecule has 0 saturated carbocycles. The minimum Gasteiger partial charge on any atom is -0.376 e. The number of carbonyl (C=O) groups excluding carboxylic acids is 2. The van der Waals surface area contributed by atoms with Gasteiger partial charge in [-0.1, -0.05) is 0 Å². The molecule has 1 aromatic heterocycles. The third kappa shape index (κ3) is 5.04. The Hall–Kier alpha value is -2.53. The summed E-state index contributed by atoms with van der Waals surface area (Å²) in [6.45, 7) is 1.04. The van der Waals surface area contributed by atoms with Gasteiger partial charge < -0.3 is 15.4 Å². The molecule has 2 aliphatic rings. The lowest BCUT2D eigenvalue weighted by Crippen LogP contribution is -2.34. The van der Waals surface area contributed by atoms with Gasteiger partial charge in [-0.05, 0) is 37.1 Å². The molecule has 2 N–H and O–H groups in total. The van der Waals surface area contributed by atoms with Gasteiger partial charge in [0.15, 0.2) is 0 Å². The van der Waals surface area contributed by atoms with Gasteiger partial charge in [-0.2, -0.15) is 30.0 Å². The van der Waals surface area contributed by atoms with Crippen LogP contribution in [0.1, 0.15) is 40.0 Å². The summed E-state index contributed by atoms with van der Waals surface area (Å²) in [4.78, 5) is 25.0. The van der Waals surface area contributed by atoms with Crippen LogP contribution in [0, 0.1) is 0 Å². The van der Waals surface area contributed by atoms with Crippen LogP contribution >= 0.6 is 11.8 Å². The van der Waals surface area contributed by atoms with E-state index in [1.165, 1.54) is 4.68 Å².